The lowest BCUT2D eigenvalue weighted by molar-refractivity contribution is -0.120. The number of carbonyl (C=O) groups is 1. The van der Waals surface area contributed by atoms with Crippen molar-refractivity contribution in [3.8, 4) is 0 Å². The van der Waals surface area contributed by atoms with Gasteiger partial charge in [-0.05, 0) is 11.6 Å². The molecule has 0 spiro atoms. The van der Waals surface area contributed by atoms with E-state index in [1.165, 1.54) is 5.56 Å². The van der Waals surface area contributed by atoms with Gasteiger partial charge in [-0.15, -0.1) is 11.3 Å². The fourth-order valence-corrected chi connectivity index (χ4v) is 3.10. The fraction of sp³-hybridized carbons (Fsp3) is 0.235. The van der Waals surface area contributed by atoms with Crippen molar-refractivity contribution in [2.45, 2.75) is 19.4 Å². The number of thiazole rings is 1. The zero-order valence-electron chi connectivity index (χ0n) is 12.9. The van der Waals surface area contributed by atoms with E-state index in [4.69, 9.17) is 0 Å². The van der Waals surface area contributed by atoms with Gasteiger partial charge in [-0.2, -0.15) is 5.10 Å². The molecule has 3 rings (SSSR count). The Morgan fingerprint density at radius 3 is 2.83 bits per heavy atom. The fourth-order valence-electron chi connectivity index (χ4n) is 2.27. The van der Waals surface area contributed by atoms with Crippen molar-refractivity contribution in [3.63, 3.8) is 0 Å². The Kier molecular flexibility index (Phi) is 4.83. The van der Waals surface area contributed by atoms with Crippen LogP contribution in [0.3, 0.4) is 0 Å². The lowest BCUT2D eigenvalue weighted by Crippen LogP contribution is -2.25. The highest BCUT2D eigenvalue weighted by Gasteiger charge is 2.09. The summed E-state index contributed by atoms with van der Waals surface area (Å²) >= 11 is 1.60. The smallest absolute Gasteiger partial charge is 0.226 e. The van der Waals surface area contributed by atoms with E-state index in [1.807, 2.05) is 36.7 Å². The molecule has 6 heteroatoms. The van der Waals surface area contributed by atoms with Crippen molar-refractivity contribution in [3.05, 3.63) is 69.9 Å². The van der Waals surface area contributed by atoms with Crippen LogP contribution in [-0.4, -0.2) is 20.7 Å². The second-order valence-electron chi connectivity index (χ2n) is 5.29. The molecule has 5 nitrogen and oxygen atoms in total. The summed E-state index contributed by atoms with van der Waals surface area (Å²) in [6.07, 6.45) is 2.84. The molecule has 0 fully saturated rings. The van der Waals surface area contributed by atoms with Crippen molar-refractivity contribution in [1.29, 1.82) is 0 Å². The molecular formula is C17H18N4OS. The molecule has 0 aliphatic rings. The highest BCUT2D eigenvalue weighted by Crippen LogP contribution is 2.15. The summed E-state index contributed by atoms with van der Waals surface area (Å²) in [5.41, 5.74) is 3.03. The third kappa shape index (κ3) is 4.26. The number of aryl methyl sites for hydroxylation is 1. The minimum atomic E-state index is -0.0252. The van der Waals surface area contributed by atoms with Crippen LogP contribution < -0.4 is 5.32 Å². The monoisotopic (exact) mass is 326 g/mol. The van der Waals surface area contributed by atoms with Gasteiger partial charge in [0.2, 0.25) is 5.91 Å². The second-order valence-corrected chi connectivity index (χ2v) is 6.24. The van der Waals surface area contributed by atoms with Gasteiger partial charge in [-0.25, -0.2) is 4.98 Å². The Morgan fingerprint density at radius 2 is 2.09 bits per heavy atom. The molecule has 3 aromatic rings. The Morgan fingerprint density at radius 1 is 1.26 bits per heavy atom. The summed E-state index contributed by atoms with van der Waals surface area (Å²) in [4.78, 5) is 16.6. The maximum Gasteiger partial charge on any atom is 0.226 e. The van der Waals surface area contributed by atoms with E-state index in [0.29, 0.717) is 13.0 Å². The normalized spacial score (nSPS) is 10.7. The van der Waals surface area contributed by atoms with Gasteiger partial charge in [0, 0.05) is 25.0 Å². The molecule has 0 radical (unpaired) electrons. The Balaban J connectivity index is 1.52. The maximum atomic E-state index is 12.0. The largest absolute Gasteiger partial charge is 0.350 e. The number of hydrogen-bond donors (Lipinski definition) is 1. The molecule has 118 valence electrons. The standard InChI is InChI=1S/C17H18N4OS/c1-21-15(7-8-19-21)11-18-16(22)10-14-12-23-17(20-14)9-13-5-3-2-4-6-13/h2-8,12H,9-11H2,1H3,(H,18,22). The first-order valence-corrected chi connectivity index (χ1v) is 8.29. The molecule has 0 saturated carbocycles. The van der Waals surface area contributed by atoms with Gasteiger partial charge >= 0.3 is 0 Å². The molecule has 2 aromatic heterocycles. The van der Waals surface area contributed by atoms with E-state index in [1.54, 1.807) is 22.2 Å². The van der Waals surface area contributed by atoms with E-state index in [2.05, 4.69) is 27.5 Å². The Hall–Kier alpha value is -2.47. The van der Waals surface area contributed by atoms with E-state index < -0.39 is 0 Å². The van der Waals surface area contributed by atoms with Crippen LogP contribution in [-0.2, 0) is 31.2 Å². The van der Waals surface area contributed by atoms with Crippen molar-refractivity contribution >= 4 is 17.2 Å². The molecule has 0 aliphatic carbocycles. The van der Waals surface area contributed by atoms with Gasteiger partial charge in [-0.1, -0.05) is 30.3 Å². The number of amides is 1. The van der Waals surface area contributed by atoms with Gasteiger partial charge in [0.15, 0.2) is 0 Å². The Labute approximate surface area is 139 Å². The minimum absolute atomic E-state index is 0.0252. The molecule has 0 unspecified atom stereocenters. The lowest BCUT2D eigenvalue weighted by atomic mass is 10.2. The summed E-state index contributed by atoms with van der Waals surface area (Å²) in [5, 5.41) is 9.97. The topological polar surface area (TPSA) is 59.8 Å². The van der Waals surface area contributed by atoms with Crippen LogP contribution in [0, 0.1) is 0 Å². The SMILES string of the molecule is Cn1nccc1CNC(=O)Cc1csc(Cc2ccccc2)n1. The predicted octanol–water partition coefficient (Wildman–Crippen LogP) is 2.33. The van der Waals surface area contributed by atoms with Crippen LogP contribution in [0.2, 0.25) is 0 Å². The number of nitrogens with zero attached hydrogens (tertiary/aromatic N) is 3. The van der Waals surface area contributed by atoms with Gasteiger partial charge in [0.1, 0.15) is 0 Å². The van der Waals surface area contributed by atoms with Crippen LogP contribution in [0.4, 0.5) is 0 Å². The lowest BCUT2D eigenvalue weighted by Gasteiger charge is -2.04. The van der Waals surface area contributed by atoms with E-state index in [-0.39, 0.29) is 5.91 Å². The van der Waals surface area contributed by atoms with Gasteiger partial charge in [0.05, 0.1) is 29.4 Å². The first-order valence-electron chi connectivity index (χ1n) is 7.41. The number of rotatable bonds is 6. The third-order valence-electron chi connectivity index (χ3n) is 3.53. The zero-order valence-corrected chi connectivity index (χ0v) is 13.7. The molecule has 1 amide bonds. The quantitative estimate of drug-likeness (QED) is 0.756. The summed E-state index contributed by atoms with van der Waals surface area (Å²) in [6.45, 7) is 0.482. The molecule has 1 N–H and O–H groups in total. The van der Waals surface area contributed by atoms with Crippen LogP contribution in [0.25, 0.3) is 0 Å². The molecule has 0 saturated heterocycles. The van der Waals surface area contributed by atoms with Gasteiger partial charge < -0.3 is 5.32 Å². The molecule has 1 aromatic carbocycles. The van der Waals surface area contributed by atoms with E-state index in [0.717, 1.165) is 22.8 Å². The highest BCUT2D eigenvalue weighted by molar-refractivity contribution is 7.09. The molecule has 0 atom stereocenters. The molecule has 2 heterocycles. The van der Waals surface area contributed by atoms with Crippen molar-refractivity contribution in [1.82, 2.24) is 20.1 Å². The van der Waals surface area contributed by atoms with Crippen molar-refractivity contribution in [2.24, 2.45) is 7.05 Å². The highest BCUT2D eigenvalue weighted by atomic mass is 32.1. The van der Waals surface area contributed by atoms with Crippen LogP contribution in [0.15, 0.2) is 48.0 Å². The summed E-state index contributed by atoms with van der Waals surface area (Å²) in [5.74, 6) is -0.0252. The summed E-state index contributed by atoms with van der Waals surface area (Å²) in [6, 6.07) is 12.1. The van der Waals surface area contributed by atoms with Crippen LogP contribution in [0.1, 0.15) is 22.0 Å². The summed E-state index contributed by atoms with van der Waals surface area (Å²) < 4.78 is 1.75. The number of carbonyl (C=O) groups excluding carboxylic acids is 1. The molecular weight excluding hydrogens is 308 g/mol. The first-order chi connectivity index (χ1) is 11.2. The Bertz CT molecular complexity index is 779. The average Bonchev–Trinajstić information content (AvgIpc) is 3.15. The maximum absolute atomic E-state index is 12.0. The first kappa shape index (κ1) is 15.4. The minimum Gasteiger partial charge on any atom is -0.350 e. The number of hydrogen-bond acceptors (Lipinski definition) is 4. The van der Waals surface area contributed by atoms with Crippen LogP contribution >= 0.6 is 11.3 Å². The number of aromatic nitrogens is 3. The van der Waals surface area contributed by atoms with E-state index in [9.17, 15) is 4.79 Å². The predicted molar refractivity (Wildman–Crippen MR) is 90.1 cm³/mol. The van der Waals surface area contributed by atoms with Crippen molar-refractivity contribution < 1.29 is 4.79 Å². The zero-order chi connectivity index (χ0) is 16.1. The molecule has 0 bridgehead atoms. The van der Waals surface area contributed by atoms with Gasteiger partial charge in [0.25, 0.3) is 0 Å². The molecule has 0 aliphatic heterocycles. The second kappa shape index (κ2) is 7.19. The van der Waals surface area contributed by atoms with E-state index >= 15 is 0 Å². The third-order valence-corrected chi connectivity index (χ3v) is 4.43. The molecule has 23 heavy (non-hydrogen) atoms. The average molecular weight is 326 g/mol. The summed E-state index contributed by atoms with van der Waals surface area (Å²) in [7, 11) is 1.86. The van der Waals surface area contributed by atoms with Crippen molar-refractivity contribution in [2.75, 3.05) is 0 Å². The number of nitrogens with one attached hydrogen (secondary N) is 1. The number of benzene rings is 1. The van der Waals surface area contributed by atoms with Gasteiger partial charge in [-0.3, -0.25) is 9.48 Å². The van der Waals surface area contributed by atoms with Crippen LogP contribution in [0.5, 0.6) is 0 Å².